The van der Waals surface area contributed by atoms with Crippen molar-refractivity contribution in [3.8, 4) is 0 Å². The van der Waals surface area contributed by atoms with Crippen molar-refractivity contribution in [3.63, 3.8) is 0 Å². The molecule has 1 aromatic heterocycles. The molecule has 0 saturated carbocycles. The van der Waals surface area contributed by atoms with Crippen LogP contribution in [0.2, 0.25) is 0 Å². The summed E-state index contributed by atoms with van der Waals surface area (Å²) in [6, 6.07) is 9.62. The second-order valence-electron chi connectivity index (χ2n) is 3.62. The Morgan fingerprint density at radius 1 is 1.25 bits per heavy atom. The number of amides is 1. The molecule has 0 aliphatic heterocycles. The molecule has 0 spiro atoms. The van der Waals surface area contributed by atoms with Gasteiger partial charge in [-0.15, -0.1) is 12.4 Å². The molecule has 0 radical (unpaired) electrons. The number of hydrogen-bond acceptors (Lipinski definition) is 2. The Balaban J connectivity index is 0.00000128. The molecular formula is C12H13ClN2O. The van der Waals surface area contributed by atoms with E-state index < -0.39 is 0 Å². The van der Waals surface area contributed by atoms with Crippen molar-refractivity contribution in [3.05, 3.63) is 42.1 Å². The number of pyridine rings is 1. The van der Waals surface area contributed by atoms with Gasteiger partial charge in [0.05, 0.1) is 11.1 Å². The average Bonchev–Trinajstić information content (AvgIpc) is 2.27. The van der Waals surface area contributed by atoms with E-state index in [2.05, 4.69) is 4.98 Å². The fourth-order valence-electron chi connectivity index (χ4n) is 1.45. The van der Waals surface area contributed by atoms with Gasteiger partial charge in [0.15, 0.2) is 0 Å². The smallest absolute Gasteiger partial charge is 0.254 e. The van der Waals surface area contributed by atoms with Crippen LogP contribution in [0.5, 0.6) is 0 Å². The van der Waals surface area contributed by atoms with Crippen LogP contribution >= 0.6 is 12.4 Å². The van der Waals surface area contributed by atoms with Gasteiger partial charge in [0.1, 0.15) is 0 Å². The van der Waals surface area contributed by atoms with Gasteiger partial charge in [-0.05, 0) is 12.1 Å². The first-order chi connectivity index (χ1) is 7.18. The molecule has 84 valence electrons. The number of halogens is 1. The first-order valence-electron chi connectivity index (χ1n) is 4.75. The Bertz CT molecular complexity index is 511. The van der Waals surface area contributed by atoms with Gasteiger partial charge < -0.3 is 4.90 Å². The van der Waals surface area contributed by atoms with Crippen molar-refractivity contribution >= 4 is 29.2 Å². The number of carbonyl (C=O) groups excluding carboxylic acids is 1. The fourth-order valence-corrected chi connectivity index (χ4v) is 1.45. The summed E-state index contributed by atoms with van der Waals surface area (Å²) < 4.78 is 0. The average molecular weight is 237 g/mol. The molecule has 0 saturated heterocycles. The summed E-state index contributed by atoms with van der Waals surface area (Å²) >= 11 is 0. The van der Waals surface area contributed by atoms with E-state index in [0.717, 1.165) is 10.9 Å². The molecule has 16 heavy (non-hydrogen) atoms. The number of aromatic nitrogens is 1. The minimum atomic E-state index is -0.0201. The van der Waals surface area contributed by atoms with Crippen molar-refractivity contribution in [1.82, 2.24) is 9.88 Å². The first-order valence-corrected chi connectivity index (χ1v) is 4.75. The van der Waals surface area contributed by atoms with Gasteiger partial charge in [-0.25, -0.2) is 0 Å². The van der Waals surface area contributed by atoms with Crippen molar-refractivity contribution < 1.29 is 4.79 Å². The lowest BCUT2D eigenvalue weighted by Crippen LogP contribution is -2.21. The van der Waals surface area contributed by atoms with Crippen molar-refractivity contribution in [2.45, 2.75) is 0 Å². The predicted molar refractivity (Wildman–Crippen MR) is 67.0 cm³/mol. The Morgan fingerprint density at radius 2 is 1.94 bits per heavy atom. The zero-order chi connectivity index (χ0) is 10.8. The van der Waals surface area contributed by atoms with Crippen LogP contribution in [0.1, 0.15) is 10.4 Å². The second-order valence-corrected chi connectivity index (χ2v) is 3.62. The van der Waals surface area contributed by atoms with Crippen LogP contribution in [0.3, 0.4) is 0 Å². The monoisotopic (exact) mass is 236 g/mol. The number of rotatable bonds is 1. The van der Waals surface area contributed by atoms with E-state index in [9.17, 15) is 4.79 Å². The van der Waals surface area contributed by atoms with Gasteiger partial charge >= 0.3 is 0 Å². The van der Waals surface area contributed by atoms with E-state index in [4.69, 9.17) is 0 Å². The number of para-hydroxylation sites is 1. The second kappa shape index (κ2) is 4.94. The van der Waals surface area contributed by atoms with E-state index in [0.29, 0.717) is 5.56 Å². The summed E-state index contributed by atoms with van der Waals surface area (Å²) in [4.78, 5) is 17.5. The molecular weight excluding hydrogens is 224 g/mol. The maximum atomic E-state index is 11.7. The Kier molecular flexibility index (Phi) is 3.85. The molecule has 0 aliphatic carbocycles. The molecule has 0 fully saturated rings. The van der Waals surface area contributed by atoms with Crippen molar-refractivity contribution in [2.75, 3.05) is 14.1 Å². The van der Waals surface area contributed by atoms with Crippen molar-refractivity contribution in [1.29, 1.82) is 0 Å². The molecule has 0 aliphatic rings. The van der Waals surface area contributed by atoms with Crippen LogP contribution in [-0.2, 0) is 0 Å². The third-order valence-electron chi connectivity index (χ3n) is 2.24. The van der Waals surface area contributed by atoms with E-state index in [1.165, 1.54) is 0 Å². The third kappa shape index (κ3) is 2.31. The summed E-state index contributed by atoms with van der Waals surface area (Å²) in [5.74, 6) is -0.0201. The van der Waals surface area contributed by atoms with Gasteiger partial charge in [0, 0.05) is 25.7 Å². The van der Waals surface area contributed by atoms with Crippen LogP contribution in [0.4, 0.5) is 0 Å². The van der Waals surface area contributed by atoms with E-state index in [1.54, 1.807) is 25.2 Å². The van der Waals surface area contributed by atoms with Crippen LogP contribution in [0.15, 0.2) is 36.5 Å². The molecule has 3 nitrogen and oxygen atoms in total. The van der Waals surface area contributed by atoms with Gasteiger partial charge in [0.25, 0.3) is 5.91 Å². The standard InChI is InChI=1S/C12H12N2O.ClH/c1-14(2)12(15)10-7-9-5-3-4-6-11(9)13-8-10;/h3-8H,1-2H3;1H. The molecule has 2 rings (SSSR count). The number of hydrogen-bond donors (Lipinski definition) is 0. The quantitative estimate of drug-likeness (QED) is 0.762. The normalized spacial score (nSPS) is 9.62. The zero-order valence-corrected chi connectivity index (χ0v) is 9.99. The van der Waals surface area contributed by atoms with Gasteiger partial charge in [0.2, 0.25) is 0 Å². The van der Waals surface area contributed by atoms with Crippen molar-refractivity contribution in [2.24, 2.45) is 0 Å². The van der Waals surface area contributed by atoms with Gasteiger partial charge in [-0.2, -0.15) is 0 Å². The fraction of sp³-hybridized carbons (Fsp3) is 0.167. The maximum absolute atomic E-state index is 11.7. The lowest BCUT2D eigenvalue weighted by molar-refractivity contribution is 0.0827. The SMILES string of the molecule is CN(C)C(=O)c1cnc2ccccc2c1.Cl. The Labute approximate surface area is 101 Å². The summed E-state index contributed by atoms with van der Waals surface area (Å²) in [6.07, 6.45) is 1.62. The molecule has 0 atom stereocenters. The highest BCUT2D eigenvalue weighted by Crippen LogP contribution is 2.13. The highest BCUT2D eigenvalue weighted by atomic mass is 35.5. The number of nitrogens with zero attached hydrogens (tertiary/aromatic N) is 2. The summed E-state index contributed by atoms with van der Waals surface area (Å²) in [6.45, 7) is 0. The Morgan fingerprint density at radius 3 is 2.62 bits per heavy atom. The molecule has 0 bridgehead atoms. The molecule has 2 aromatic rings. The number of carbonyl (C=O) groups is 1. The highest BCUT2D eigenvalue weighted by molar-refractivity contribution is 5.96. The van der Waals surface area contributed by atoms with E-state index >= 15 is 0 Å². The molecule has 1 amide bonds. The lowest BCUT2D eigenvalue weighted by Gasteiger charge is -2.09. The van der Waals surface area contributed by atoms with E-state index in [1.807, 2.05) is 30.3 Å². The maximum Gasteiger partial charge on any atom is 0.254 e. The minimum Gasteiger partial charge on any atom is -0.345 e. The highest BCUT2D eigenvalue weighted by Gasteiger charge is 2.08. The first kappa shape index (κ1) is 12.5. The van der Waals surface area contributed by atoms with E-state index in [-0.39, 0.29) is 18.3 Å². The topological polar surface area (TPSA) is 33.2 Å². The summed E-state index contributed by atoms with van der Waals surface area (Å²) in [5, 5.41) is 0.991. The van der Waals surface area contributed by atoms with Gasteiger partial charge in [-0.1, -0.05) is 18.2 Å². The Hall–Kier alpha value is -1.61. The largest absolute Gasteiger partial charge is 0.345 e. The number of benzene rings is 1. The third-order valence-corrected chi connectivity index (χ3v) is 2.24. The lowest BCUT2D eigenvalue weighted by atomic mass is 10.1. The van der Waals surface area contributed by atoms with Crippen LogP contribution in [-0.4, -0.2) is 29.9 Å². The molecule has 1 heterocycles. The van der Waals surface area contributed by atoms with Crippen LogP contribution in [0.25, 0.3) is 10.9 Å². The molecule has 4 heteroatoms. The molecule has 0 unspecified atom stereocenters. The molecule has 0 N–H and O–H groups in total. The summed E-state index contributed by atoms with van der Waals surface area (Å²) in [5.41, 5.74) is 1.53. The minimum absolute atomic E-state index is 0. The number of fused-ring (bicyclic) bond motifs is 1. The summed E-state index contributed by atoms with van der Waals surface area (Å²) in [7, 11) is 3.47. The van der Waals surface area contributed by atoms with Crippen LogP contribution in [0, 0.1) is 0 Å². The molecule has 1 aromatic carbocycles. The predicted octanol–water partition coefficient (Wildman–Crippen LogP) is 2.36. The van der Waals surface area contributed by atoms with Gasteiger partial charge in [-0.3, -0.25) is 9.78 Å². The zero-order valence-electron chi connectivity index (χ0n) is 9.18. The van der Waals surface area contributed by atoms with Crippen LogP contribution < -0.4 is 0 Å².